The first kappa shape index (κ1) is 12.1. The van der Waals surface area contributed by atoms with Gasteiger partial charge >= 0.3 is 0 Å². The van der Waals surface area contributed by atoms with Crippen molar-refractivity contribution in [3.63, 3.8) is 0 Å². The summed E-state index contributed by atoms with van der Waals surface area (Å²) in [5.41, 5.74) is 2.42. The molecule has 100 valence electrons. The number of hydrogen-bond acceptors (Lipinski definition) is 6. The van der Waals surface area contributed by atoms with E-state index in [-0.39, 0.29) is 0 Å². The zero-order valence-corrected chi connectivity index (χ0v) is 11.0. The quantitative estimate of drug-likeness (QED) is 0.850. The summed E-state index contributed by atoms with van der Waals surface area (Å²) in [4.78, 5) is 12.9. The highest BCUT2D eigenvalue weighted by Crippen LogP contribution is 2.23. The molecule has 0 bridgehead atoms. The minimum atomic E-state index is 0.504. The van der Waals surface area contributed by atoms with Gasteiger partial charge in [-0.2, -0.15) is 4.98 Å². The maximum atomic E-state index is 5.09. The lowest BCUT2D eigenvalue weighted by atomic mass is 10.1. The Kier molecular flexibility index (Phi) is 3.39. The highest BCUT2D eigenvalue weighted by Gasteiger charge is 2.14. The summed E-state index contributed by atoms with van der Waals surface area (Å²) in [6.45, 7) is 2.31. The first-order chi connectivity index (χ1) is 9.33. The molecule has 2 aromatic heterocycles. The molecular weight excluding hydrogens is 242 g/mol. The number of hydrogen-bond donors (Lipinski definition) is 1. The van der Waals surface area contributed by atoms with Crippen LogP contribution in [0.3, 0.4) is 0 Å². The van der Waals surface area contributed by atoms with Gasteiger partial charge in [0.15, 0.2) is 5.82 Å². The van der Waals surface area contributed by atoms with Crippen LogP contribution in [-0.2, 0) is 19.4 Å². The summed E-state index contributed by atoms with van der Waals surface area (Å²) in [5.74, 6) is 2.14. The smallest absolute Gasteiger partial charge is 0.245 e. The third kappa shape index (κ3) is 2.72. The van der Waals surface area contributed by atoms with E-state index < -0.39 is 0 Å². The van der Waals surface area contributed by atoms with E-state index in [1.165, 1.54) is 30.5 Å². The summed E-state index contributed by atoms with van der Waals surface area (Å²) in [7, 11) is 0. The third-order valence-corrected chi connectivity index (χ3v) is 3.35. The van der Waals surface area contributed by atoms with Gasteiger partial charge in [0.05, 0.1) is 6.54 Å². The molecule has 2 aromatic rings. The van der Waals surface area contributed by atoms with Gasteiger partial charge in [0.25, 0.3) is 0 Å². The number of rotatable bonds is 3. The van der Waals surface area contributed by atoms with Crippen molar-refractivity contribution in [1.29, 1.82) is 0 Å². The van der Waals surface area contributed by atoms with Crippen LogP contribution in [0, 0.1) is 6.92 Å². The molecule has 1 N–H and O–H groups in total. The van der Waals surface area contributed by atoms with Crippen LogP contribution in [0.1, 0.15) is 42.2 Å². The Labute approximate surface area is 111 Å². The van der Waals surface area contributed by atoms with Crippen LogP contribution in [0.4, 0.5) is 5.82 Å². The van der Waals surface area contributed by atoms with E-state index in [2.05, 4.69) is 25.4 Å². The first-order valence-electron chi connectivity index (χ1n) is 6.69. The predicted octanol–water partition coefficient (Wildman–Crippen LogP) is 2.05. The normalized spacial score (nSPS) is 14.8. The number of anilines is 1. The Morgan fingerprint density at radius 2 is 2.11 bits per heavy atom. The Morgan fingerprint density at radius 3 is 2.95 bits per heavy atom. The minimum Gasteiger partial charge on any atom is -0.361 e. The van der Waals surface area contributed by atoms with Gasteiger partial charge in [-0.1, -0.05) is 11.6 Å². The van der Waals surface area contributed by atoms with Gasteiger partial charge in [0, 0.05) is 11.3 Å². The SMILES string of the molecule is Cc1noc(CNc2ncnc3c2CCCCC3)n1. The van der Waals surface area contributed by atoms with Gasteiger partial charge in [-0.25, -0.2) is 9.97 Å². The molecule has 0 spiro atoms. The summed E-state index contributed by atoms with van der Waals surface area (Å²) in [6, 6.07) is 0. The molecule has 0 radical (unpaired) electrons. The van der Waals surface area contributed by atoms with Crippen LogP contribution in [0.15, 0.2) is 10.9 Å². The molecule has 3 rings (SSSR count). The Morgan fingerprint density at radius 1 is 1.21 bits per heavy atom. The monoisotopic (exact) mass is 259 g/mol. The Balaban J connectivity index is 1.77. The number of nitrogens with zero attached hydrogens (tertiary/aromatic N) is 4. The number of fused-ring (bicyclic) bond motifs is 1. The molecule has 0 fully saturated rings. The van der Waals surface area contributed by atoms with Crippen molar-refractivity contribution in [2.45, 2.75) is 45.6 Å². The van der Waals surface area contributed by atoms with Crippen LogP contribution in [0.25, 0.3) is 0 Å². The average molecular weight is 259 g/mol. The maximum Gasteiger partial charge on any atom is 0.245 e. The van der Waals surface area contributed by atoms with Crippen molar-refractivity contribution in [2.24, 2.45) is 0 Å². The van der Waals surface area contributed by atoms with Crippen LogP contribution in [0.2, 0.25) is 0 Å². The predicted molar refractivity (Wildman–Crippen MR) is 69.7 cm³/mol. The topological polar surface area (TPSA) is 76.7 Å². The van der Waals surface area contributed by atoms with E-state index in [1.54, 1.807) is 6.33 Å². The zero-order chi connectivity index (χ0) is 13.1. The van der Waals surface area contributed by atoms with E-state index in [9.17, 15) is 0 Å². The summed E-state index contributed by atoms with van der Waals surface area (Å²) < 4.78 is 5.09. The van der Waals surface area contributed by atoms with E-state index >= 15 is 0 Å². The molecule has 0 saturated heterocycles. The molecule has 6 heteroatoms. The van der Waals surface area contributed by atoms with Gasteiger partial charge in [-0.05, 0) is 32.6 Å². The van der Waals surface area contributed by atoms with Crippen molar-refractivity contribution < 1.29 is 4.52 Å². The standard InChI is InChI=1S/C13H17N5O/c1-9-17-12(19-18-9)7-14-13-10-5-3-2-4-6-11(10)15-8-16-13/h8H,2-7H2,1H3,(H,14,15,16). The molecule has 6 nitrogen and oxygen atoms in total. The number of aromatic nitrogens is 4. The van der Waals surface area contributed by atoms with Crippen LogP contribution < -0.4 is 5.32 Å². The lowest BCUT2D eigenvalue weighted by Crippen LogP contribution is -2.08. The number of aryl methyl sites for hydroxylation is 2. The van der Waals surface area contributed by atoms with E-state index in [4.69, 9.17) is 4.52 Å². The van der Waals surface area contributed by atoms with E-state index in [1.807, 2.05) is 6.92 Å². The fourth-order valence-electron chi connectivity index (χ4n) is 2.42. The lowest BCUT2D eigenvalue weighted by Gasteiger charge is -2.10. The van der Waals surface area contributed by atoms with E-state index in [0.29, 0.717) is 18.3 Å². The maximum absolute atomic E-state index is 5.09. The second kappa shape index (κ2) is 5.34. The molecule has 0 unspecified atom stereocenters. The van der Waals surface area contributed by atoms with Crippen molar-refractivity contribution in [1.82, 2.24) is 20.1 Å². The van der Waals surface area contributed by atoms with E-state index in [0.717, 1.165) is 18.7 Å². The van der Waals surface area contributed by atoms with Gasteiger partial charge < -0.3 is 9.84 Å². The van der Waals surface area contributed by atoms with Crippen molar-refractivity contribution in [3.8, 4) is 0 Å². The molecule has 2 heterocycles. The largest absolute Gasteiger partial charge is 0.361 e. The molecule has 0 aliphatic heterocycles. The van der Waals surface area contributed by atoms with Gasteiger partial charge in [0.2, 0.25) is 5.89 Å². The zero-order valence-electron chi connectivity index (χ0n) is 11.0. The van der Waals surface area contributed by atoms with Gasteiger partial charge in [-0.15, -0.1) is 0 Å². The summed E-state index contributed by atoms with van der Waals surface area (Å²) in [5, 5.41) is 7.06. The molecule has 0 atom stereocenters. The highest BCUT2D eigenvalue weighted by atomic mass is 16.5. The van der Waals surface area contributed by atoms with Gasteiger partial charge in [-0.3, -0.25) is 0 Å². The van der Waals surface area contributed by atoms with Crippen LogP contribution in [0.5, 0.6) is 0 Å². The van der Waals surface area contributed by atoms with Crippen LogP contribution >= 0.6 is 0 Å². The average Bonchev–Trinajstić information content (AvgIpc) is 2.69. The van der Waals surface area contributed by atoms with Crippen molar-refractivity contribution in [3.05, 3.63) is 29.3 Å². The fourth-order valence-corrected chi connectivity index (χ4v) is 2.42. The Bertz CT molecular complexity index is 566. The molecule has 0 amide bonds. The summed E-state index contributed by atoms with van der Waals surface area (Å²) >= 11 is 0. The van der Waals surface area contributed by atoms with Crippen molar-refractivity contribution in [2.75, 3.05) is 5.32 Å². The minimum absolute atomic E-state index is 0.504. The first-order valence-corrected chi connectivity index (χ1v) is 6.69. The molecule has 1 aliphatic rings. The molecule has 0 saturated carbocycles. The Hall–Kier alpha value is -1.98. The lowest BCUT2D eigenvalue weighted by molar-refractivity contribution is 0.379. The third-order valence-electron chi connectivity index (χ3n) is 3.35. The molecule has 0 aromatic carbocycles. The van der Waals surface area contributed by atoms with Gasteiger partial charge in [0.1, 0.15) is 12.1 Å². The fraction of sp³-hybridized carbons (Fsp3) is 0.538. The molecular formula is C13H17N5O. The van der Waals surface area contributed by atoms with Crippen LogP contribution in [-0.4, -0.2) is 20.1 Å². The number of nitrogens with one attached hydrogen (secondary N) is 1. The molecule has 19 heavy (non-hydrogen) atoms. The molecule has 1 aliphatic carbocycles. The summed E-state index contributed by atoms with van der Waals surface area (Å²) in [6.07, 6.45) is 7.40. The van der Waals surface area contributed by atoms with Crippen molar-refractivity contribution >= 4 is 5.82 Å². The second-order valence-corrected chi connectivity index (χ2v) is 4.80. The second-order valence-electron chi connectivity index (χ2n) is 4.80. The highest BCUT2D eigenvalue weighted by molar-refractivity contribution is 5.46.